The van der Waals surface area contributed by atoms with Crippen LogP contribution in [0.3, 0.4) is 0 Å². The van der Waals surface area contributed by atoms with Gasteiger partial charge < -0.3 is 11.1 Å². The molecule has 0 radical (unpaired) electrons. The first-order valence-corrected chi connectivity index (χ1v) is 6.70. The van der Waals surface area contributed by atoms with Crippen molar-refractivity contribution < 1.29 is 0 Å². The molecule has 1 unspecified atom stereocenters. The zero-order valence-corrected chi connectivity index (χ0v) is 10.6. The number of nitrogen functional groups attached to an aromatic ring is 1. The first kappa shape index (κ1) is 11.2. The number of nitrogens with one attached hydrogen (secondary N) is 1. The molecule has 0 aromatic heterocycles. The van der Waals surface area contributed by atoms with E-state index < -0.39 is 0 Å². The van der Waals surface area contributed by atoms with Gasteiger partial charge in [-0.2, -0.15) is 0 Å². The van der Waals surface area contributed by atoms with Crippen molar-refractivity contribution in [3.05, 3.63) is 22.7 Å². The molecule has 1 aromatic rings. The van der Waals surface area contributed by atoms with Crippen molar-refractivity contribution in [2.45, 2.75) is 25.3 Å². The molecule has 0 saturated carbocycles. The monoisotopic (exact) mass is 251 g/mol. The minimum atomic E-state index is 0.495. The lowest BCUT2D eigenvalue weighted by Crippen LogP contribution is -2.34. The Bertz CT molecular complexity index is 433. The largest absolute Gasteiger partial charge is 0.397 e. The highest BCUT2D eigenvalue weighted by Crippen LogP contribution is 2.40. The summed E-state index contributed by atoms with van der Waals surface area (Å²) >= 11 is 6.14. The summed E-state index contributed by atoms with van der Waals surface area (Å²) in [5.74, 6) is 0. The van der Waals surface area contributed by atoms with E-state index in [1.54, 1.807) is 0 Å². The van der Waals surface area contributed by atoms with E-state index in [1.165, 1.54) is 31.4 Å². The van der Waals surface area contributed by atoms with Gasteiger partial charge in [-0.3, -0.25) is 4.90 Å². The standard InChI is InChI=1S/C13H18ClN3/c14-9-7-10-12-3-1-2-5-17(12)6-4-16-13(10)11(15)8-9/h7-8,12,16H,1-6,15H2. The topological polar surface area (TPSA) is 41.3 Å². The first-order chi connectivity index (χ1) is 8.25. The number of hydrogen-bond acceptors (Lipinski definition) is 3. The lowest BCUT2D eigenvalue weighted by molar-refractivity contribution is 0.159. The molecule has 3 rings (SSSR count). The fourth-order valence-corrected chi connectivity index (χ4v) is 3.29. The second-order valence-corrected chi connectivity index (χ2v) is 5.37. The zero-order chi connectivity index (χ0) is 11.8. The molecule has 3 nitrogen and oxygen atoms in total. The van der Waals surface area contributed by atoms with E-state index in [4.69, 9.17) is 17.3 Å². The van der Waals surface area contributed by atoms with Crippen molar-refractivity contribution >= 4 is 23.0 Å². The highest BCUT2D eigenvalue weighted by atomic mass is 35.5. The van der Waals surface area contributed by atoms with Gasteiger partial charge in [0.05, 0.1) is 11.4 Å². The lowest BCUT2D eigenvalue weighted by Gasteiger charge is -2.34. The van der Waals surface area contributed by atoms with E-state index in [-0.39, 0.29) is 0 Å². The maximum Gasteiger partial charge on any atom is 0.0623 e. The van der Waals surface area contributed by atoms with E-state index in [0.29, 0.717) is 6.04 Å². The van der Waals surface area contributed by atoms with Gasteiger partial charge in [-0.25, -0.2) is 0 Å². The van der Waals surface area contributed by atoms with E-state index in [2.05, 4.69) is 16.3 Å². The molecule has 0 amide bonds. The van der Waals surface area contributed by atoms with Crippen LogP contribution in [0.25, 0.3) is 0 Å². The van der Waals surface area contributed by atoms with Crippen LogP contribution in [0.4, 0.5) is 11.4 Å². The molecular weight excluding hydrogens is 234 g/mol. The minimum Gasteiger partial charge on any atom is -0.397 e. The predicted molar refractivity (Wildman–Crippen MR) is 72.5 cm³/mol. The molecule has 0 bridgehead atoms. The third kappa shape index (κ3) is 1.98. The molecule has 1 aromatic carbocycles. The van der Waals surface area contributed by atoms with E-state index in [9.17, 15) is 0 Å². The summed E-state index contributed by atoms with van der Waals surface area (Å²) in [6.07, 6.45) is 3.82. The number of rotatable bonds is 0. The van der Waals surface area contributed by atoms with Gasteiger partial charge in [-0.05, 0) is 37.1 Å². The Labute approximate surface area is 107 Å². The van der Waals surface area contributed by atoms with Gasteiger partial charge in [0.2, 0.25) is 0 Å². The maximum absolute atomic E-state index is 6.14. The highest BCUT2D eigenvalue weighted by molar-refractivity contribution is 6.31. The molecule has 0 spiro atoms. The lowest BCUT2D eigenvalue weighted by atomic mass is 9.94. The van der Waals surface area contributed by atoms with Crippen LogP contribution >= 0.6 is 11.6 Å². The van der Waals surface area contributed by atoms with Crippen molar-refractivity contribution in [2.24, 2.45) is 0 Å². The SMILES string of the molecule is Nc1cc(Cl)cc2c1NCCN1CCCCC21. The summed E-state index contributed by atoms with van der Waals surface area (Å²) in [6.45, 7) is 3.25. The van der Waals surface area contributed by atoms with Crippen LogP contribution in [-0.4, -0.2) is 24.5 Å². The molecule has 1 atom stereocenters. The van der Waals surface area contributed by atoms with Gasteiger partial charge >= 0.3 is 0 Å². The Morgan fingerprint density at radius 1 is 1.29 bits per heavy atom. The van der Waals surface area contributed by atoms with Gasteiger partial charge in [0.25, 0.3) is 0 Å². The van der Waals surface area contributed by atoms with Crippen LogP contribution in [0, 0.1) is 0 Å². The van der Waals surface area contributed by atoms with Crippen LogP contribution in [-0.2, 0) is 0 Å². The predicted octanol–water partition coefficient (Wildman–Crippen LogP) is 2.87. The second kappa shape index (κ2) is 4.39. The van der Waals surface area contributed by atoms with Gasteiger partial charge in [0, 0.05) is 24.2 Å². The molecule has 2 aliphatic heterocycles. The molecule has 3 N–H and O–H groups in total. The van der Waals surface area contributed by atoms with Crippen molar-refractivity contribution in [1.29, 1.82) is 0 Å². The average Bonchev–Trinajstić information content (AvgIpc) is 2.49. The molecule has 4 heteroatoms. The molecule has 92 valence electrons. The third-order valence-electron chi connectivity index (χ3n) is 3.84. The van der Waals surface area contributed by atoms with Gasteiger partial charge in [0.15, 0.2) is 0 Å². The Morgan fingerprint density at radius 2 is 2.18 bits per heavy atom. The summed E-state index contributed by atoms with van der Waals surface area (Å²) in [5.41, 5.74) is 9.23. The number of anilines is 2. The fraction of sp³-hybridized carbons (Fsp3) is 0.538. The Morgan fingerprint density at radius 3 is 3.06 bits per heavy atom. The third-order valence-corrected chi connectivity index (χ3v) is 4.06. The minimum absolute atomic E-state index is 0.495. The smallest absolute Gasteiger partial charge is 0.0623 e. The van der Waals surface area contributed by atoms with Crippen LogP contribution in [0.15, 0.2) is 12.1 Å². The molecule has 2 heterocycles. The van der Waals surface area contributed by atoms with Crippen LogP contribution in [0.2, 0.25) is 5.02 Å². The summed E-state index contributed by atoms with van der Waals surface area (Å²) in [6, 6.07) is 4.41. The Hall–Kier alpha value is -0.930. The van der Waals surface area contributed by atoms with Gasteiger partial charge in [-0.15, -0.1) is 0 Å². The summed E-state index contributed by atoms with van der Waals surface area (Å²) in [5, 5.41) is 4.20. The van der Waals surface area contributed by atoms with Crippen molar-refractivity contribution in [1.82, 2.24) is 4.90 Å². The van der Waals surface area contributed by atoms with Crippen LogP contribution < -0.4 is 11.1 Å². The number of fused-ring (bicyclic) bond motifs is 3. The number of piperidine rings is 1. The molecule has 0 aliphatic carbocycles. The quantitative estimate of drug-likeness (QED) is 0.697. The fourth-order valence-electron chi connectivity index (χ4n) is 3.05. The van der Waals surface area contributed by atoms with Crippen molar-refractivity contribution in [2.75, 3.05) is 30.7 Å². The zero-order valence-electron chi connectivity index (χ0n) is 9.88. The molecule has 2 aliphatic rings. The van der Waals surface area contributed by atoms with E-state index in [1.807, 2.05) is 6.07 Å². The summed E-state index contributed by atoms with van der Waals surface area (Å²) in [7, 11) is 0. The number of benzene rings is 1. The Balaban J connectivity index is 2.07. The molecule has 17 heavy (non-hydrogen) atoms. The number of nitrogens with two attached hydrogens (primary N) is 1. The van der Waals surface area contributed by atoms with E-state index in [0.717, 1.165) is 29.5 Å². The second-order valence-electron chi connectivity index (χ2n) is 4.93. The van der Waals surface area contributed by atoms with Crippen molar-refractivity contribution in [3.8, 4) is 0 Å². The van der Waals surface area contributed by atoms with Gasteiger partial charge in [0.1, 0.15) is 0 Å². The van der Waals surface area contributed by atoms with Gasteiger partial charge in [-0.1, -0.05) is 18.0 Å². The van der Waals surface area contributed by atoms with E-state index >= 15 is 0 Å². The van der Waals surface area contributed by atoms with Crippen molar-refractivity contribution in [3.63, 3.8) is 0 Å². The summed E-state index contributed by atoms with van der Waals surface area (Å²) < 4.78 is 0. The van der Waals surface area contributed by atoms with Crippen LogP contribution in [0.5, 0.6) is 0 Å². The maximum atomic E-state index is 6.14. The number of nitrogens with zero attached hydrogens (tertiary/aromatic N) is 1. The number of halogens is 1. The van der Waals surface area contributed by atoms with Crippen LogP contribution in [0.1, 0.15) is 30.9 Å². The molecule has 1 fully saturated rings. The molecular formula is C13H18ClN3. The molecule has 1 saturated heterocycles. The average molecular weight is 252 g/mol. The normalized spacial score (nSPS) is 24.4. The summed E-state index contributed by atoms with van der Waals surface area (Å²) in [4.78, 5) is 2.55. The Kier molecular flexibility index (Phi) is 2.89. The number of hydrogen-bond donors (Lipinski definition) is 2. The first-order valence-electron chi connectivity index (χ1n) is 6.32. The highest BCUT2D eigenvalue weighted by Gasteiger charge is 2.28.